The van der Waals surface area contributed by atoms with Gasteiger partial charge < -0.3 is 4.74 Å². The highest BCUT2D eigenvalue weighted by Crippen LogP contribution is 2.12. The van der Waals surface area contributed by atoms with E-state index in [9.17, 15) is 9.18 Å². The van der Waals surface area contributed by atoms with Crippen molar-refractivity contribution < 1.29 is 13.9 Å². The van der Waals surface area contributed by atoms with Crippen LogP contribution in [0.4, 0.5) is 4.39 Å². The molecule has 2 nitrogen and oxygen atoms in total. The van der Waals surface area contributed by atoms with Crippen LogP contribution < -0.4 is 0 Å². The molecule has 0 fully saturated rings. The maximum absolute atomic E-state index is 13.3. The van der Waals surface area contributed by atoms with Crippen molar-refractivity contribution in [2.75, 3.05) is 13.7 Å². The average Bonchev–Trinajstić information content (AvgIpc) is 2.10. The Hall–Kier alpha value is -1.22. The van der Waals surface area contributed by atoms with E-state index in [1.807, 2.05) is 0 Å². The molecule has 0 aliphatic heterocycles. The number of ketones is 1. The first-order valence-corrected chi connectivity index (χ1v) is 3.94. The van der Waals surface area contributed by atoms with Gasteiger partial charge in [0.2, 0.25) is 0 Å². The zero-order valence-electron chi connectivity index (χ0n) is 7.63. The van der Waals surface area contributed by atoms with E-state index in [4.69, 9.17) is 0 Å². The first-order valence-electron chi connectivity index (χ1n) is 3.94. The number of rotatable bonds is 3. The summed E-state index contributed by atoms with van der Waals surface area (Å²) in [6.07, 6.45) is 0. The molecule has 0 N–H and O–H groups in total. The maximum Gasteiger partial charge on any atom is 0.191 e. The summed E-state index contributed by atoms with van der Waals surface area (Å²) >= 11 is 0. The summed E-state index contributed by atoms with van der Waals surface area (Å²) < 4.78 is 17.9. The monoisotopic (exact) mass is 182 g/mol. The highest BCUT2D eigenvalue weighted by molar-refractivity contribution is 5.97. The summed E-state index contributed by atoms with van der Waals surface area (Å²) in [4.78, 5) is 11.3. The van der Waals surface area contributed by atoms with E-state index in [1.54, 1.807) is 19.1 Å². The quantitative estimate of drug-likeness (QED) is 0.668. The number of benzene rings is 1. The zero-order chi connectivity index (χ0) is 9.84. The third-order valence-electron chi connectivity index (χ3n) is 1.77. The number of carbonyl (C=O) groups excluding carboxylic acids is 1. The summed E-state index contributed by atoms with van der Waals surface area (Å²) in [5.74, 6) is -0.784. The van der Waals surface area contributed by atoms with Crippen molar-refractivity contribution in [1.29, 1.82) is 0 Å². The van der Waals surface area contributed by atoms with Crippen molar-refractivity contribution in [3.8, 4) is 0 Å². The molecule has 0 unspecified atom stereocenters. The van der Waals surface area contributed by atoms with Crippen LogP contribution in [0.2, 0.25) is 0 Å². The molecule has 0 bridgehead atoms. The van der Waals surface area contributed by atoms with Crippen LogP contribution in [0.5, 0.6) is 0 Å². The Bertz CT molecular complexity index is 321. The minimum Gasteiger partial charge on any atom is -0.377 e. The Morgan fingerprint density at radius 3 is 2.85 bits per heavy atom. The van der Waals surface area contributed by atoms with Gasteiger partial charge in [0, 0.05) is 7.11 Å². The third-order valence-corrected chi connectivity index (χ3v) is 1.77. The highest BCUT2D eigenvalue weighted by atomic mass is 19.1. The molecule has 0 atom stereocenters. The predicted molar refractivity (Wildman–Crippen MR) is 47.3 cm³/mol. The van der Waals surface area contributed by atoms with Crippen molar-refractivity contribution in [2.24, 2.45) is 0 Å². The lowest BCUT2D eigenvalue weighted by molar-refractivity contribution is 0.0843. The topological polar surface area (TPSA) is 26.3 Å². The number of ether oxygens (including phenoxy) is 1. The average molecular weight is 182 g/mol. The van der Waals surface area contributed by atoms with Crippen LogP contribution in [0, 0.1) is 12.7 Å². The lowest BCUT2D eigenvalue weighted by atomic mass is 10.1. The molecule has 0 aliphatic rings. The second-order valence-corrected chi connectivity index (χ2v) is 2.79. The fourth-order valence-electron chi connectivity index (χ4n) is 1.07. The van der Waals surface area contributed by atoms with Gasteiger partial charge in [0.05, 0.1) is 5.56 Å². The van der Waals surface area contributed by atoms with Gasteiger partial charge in [0.15, 0.2) is 5.78 Å². The van der Waals surface area contributed by atoms with Gasteiger partial charge in [-0.05, 0) is 18.6 Å². The summed E-state index contributed by atoms with van der Waals surface area (Å²) in [7, 11) is 1.41. The first kappa shape index (κ1) is 9.86. The third kappa shape index (κ3) is 2.12. The van der Waals surface area contributed by atoms with Gasteiger partial charge in [-0.2, -0.15) is 0 Å². The molecule has 0 spiro atoms. The molecule has 70 valence electrons. The maximum atomic E-state index is 13.3. The number of halogens is 1. The van der Waals surface area contributed by atoms with Gasteiger partial charge in [0.25, 0.3) is 0 Å². The SMILES string of the molecule is COCC(=O)c1cccc(C)c1F. The van der Waals surface area contributed by atoms with Crippen LogP contribution in [0.15, 0.2) is 18.2 Å². The Kier molecular flexibility index (Phi) is 3.14. The second-order valence-electron chi connectivity index (χ2n) is 2.79. The van der Waals surface area contributed by atoms with Crippen LogP contribution in [0.25, 0.3) is 0 Å². The number of aryl methyl sites for hydroxylation is 1. The molecule has 0 heterocycles. The first-order chi connectivity index (χ1) is 6.16. The van der Waals surface area contributed by atoms with Crippen molar-refractivity contribution in [2.45, 2.75) is 6.92 Å². The van der Waals surface area contributed by atoms with Crippen LogP contribution in [0.1, 0.15) is 15.9 Å². The molecular formula is C10H11FO2. The van der Waals surface area contributed by atoms with Crippen LogP contribution >= 0.6 is 0 Å². The molecule has 0 saturated carbocycles. The predicted octanol–water partition coefficient (Wildman–Crippen LogP) is 1.96. The number of carbonyl (C=O) groups is 1. The fraction of sp³-hybridized carbons (Fsp3) is 0.300. The van der Waals surface area contributed by atoms with Crippen molar-refractivity contribution in [3.63, 3.8) is 0 Å². The number of hydrogen-bond donors (Lipinski definition) is 0. The van der Waals surface area contributed by atoms with Gasteiger partial charge in [-0.15, -0.1) is 0 Å². The van der Waals surface area contributed by atoms with Crippen molar-refractivity contribution >= 4 is 5.78 Å². The van der Waals surface area contributed by atoms with Gasteiger partial charge >= 0.3 is 0 Å². The Morgan fingerprint density at radius 1 is 1.54 bits per heavy atom. The fourth-order valence-corrected chi connectivity index (χ4v) is 1.07. The minimum atomic E-state index is -0.454. The van der Waals surface area contributed by atoms with Gasteiger partial charge in [-0.3, -0.25) is 4.79 Å². The molecule has 1 aromatic rings. The van der Waals surface area contributed by atoms with Crippen LogP contribution in [-0.2, 0) is 4.74 Å². The van der Waals surface area contributed by atoms with E-state index in [0.717, 1.165) is 0 Å². The number of Topliss-reactive ketones (excluding diaryl/α,β-unsaturated/α-hetero) is 1. The van der Waals surface area contributed by atoms with E-state index in [-0.39, 0.29) is 18.0 Å². The van der Waals surface area contributed by atoms with Crippen LogP contribution in [0.3, 0.4) is 0 Å². The summed E-state index contributed by atoms with van der Waals surface area (Å²) in [6, 6.07) is 4.74. The molecule has 3 heteroatoms. The van der Waals surface area contributed by atoms with Gasteiger partial charge in [0.1, 0.15) is 12.4 Å². The number of methoxy groups -OCH3 is 1. The highest BCUT2D eigenvalue weighted by Gasteiger charge is 2.11. The largest absolute Gasteiger partial charge is 0.377 e. The molecule has 0 amide bonds. The number of hydrogen-bond acceptors (Lipinski definition) is 2. The van der Waals surface area contributed by atoms with Crippen LogP contribution in [-0.4, -0.2) is 19.5 Å². The molecule has 0 saturated heterocycles. The van der Waals surface area contributed by atoms with E-state index in [0.29, 0.717) is 5.56 Å². The summed E-state index contributed by atoms with van der Waals surface area (Å²) in [5.41, 5.74) is 0.573. The molecular weight excluding hydrogens is 171 g/mol. The lowest BCUT2D eigenvalue weighted by Gasteiger charge is -2.03. The smallest absolute Gasteiger partial charge is 0.191 e. The molecule has 0 aliphatic carbocycles. The molecule has 1 aromatic carbocycles. The Morgan fingerprint density at radius 2 is 2.23 bits per heavy atom. The molecule has 1 rings (SSSR count). The van der Waals surface area contributed by atoms with Crippen molar-refractivity contribution in [1.82, 2.24) is 0 Å². The van der Waals surface area contributed by atoms with E-state index >= 15 is 0 Å². The molecule has 0 aromatic heterocycles. The van der Waals surface area contributed by atoms with Gasteiger partial charge in [-0.1, -0.05) is 12.1 Å². The summed E-state index contributed by atoms with van der Waals surface area (Å²) in [5, 5.41) is 0. The normalized spacial score (nSPS) is 10.1. The van der Waals surface area contributed by atoms with E-state index < -0.39 is 5.82 Å². The zero-order valence-corrected chi connectivity index (χ0v) is 7.63. The second kappa shape index (κ2) is 4.14. The Balaban J connectivity index is 3.01. The Labute approximate surface area is 76.3 Å². The summed E-state index contributed by atoms with van der Waals surface area (Å²) in [6.45, 7) is 1.54. The standard InChI is InChI=1S/C10H11FO2/c1-7-4-3-5-8(10(7)11)9(12)6-13-2/h3-5H,6H2,1-2H3. The van der Waals surface area contributed by atoms with Crippen molar-refractivity contribution in [3.05, 3.63) is 35.1 Å². The molecule has 0 radical (unpaired) electrons. The lowest BCUT2D eigenvalue weighted by Crippen LogP contribution is -2.09. The van der Waals surface area contributed by atoms with E-state index in [2.05, 4.69) is 4.74 Å². The molecule has 13 heavy (non-hydrogen) atoms. The van der Waals surface area contributed by atoms with Gasteiger partial charge in [-0.25, -0.2) is 4.39 Å². The van der Waals surface area contributed by atoms with E-state index in [1.165, 1.54) is 13.2 Å². The minimum absolute atomic E-state index is 0.0830.